The van der Waals surface area contributed by atoms with E-state index in [-0.39, 0.29) is 0 Å². The molecule has 0 aliphatic heterocycles. The summed E-state index contributed by atoms with van der Waals surface area (Å²) in [6.45, 7) is 0. The molecule has 0 aliphatic carbocycles. The van der Waals surface area contributed by atoms with Crippen molar-refractivity contribution < 1.29 is 8.83 Å². The predicted molar refractivity (Wildman–Crippen MR) is 187 cm³/mol. The van der Waals surface area contributed by atoms with Gasteiger partial charge in [0.2, 0.25) is 0 Å². The summed E-state index contributed by atoms with van der Waals surface area (Å²) in [6, 6.07) is 54.6. The topological polar surface area (TPSA) is 50.1 Å². The first-order valence-electron chi connectivity index (χ1n) is 15.3. The summed E-state index contributed by atoms with van der Waals surface area (Å²) in [4.78, 5) is 0. The second kappa shape index (κ2) is 10.4. The van der Waals surface area contributed by atoms with Gasteiger partial charge in [0.15, 0.2) is 0 Å². The van der Waals surface area contributed by atoms with Crippen molar-refractivity contribution in [1.82, 2.24) is 0 Å². The fourth-order valence-electron chi connectivity index (χ4n) is 6.74. The van der Waals surface area contributed by atoms with E-state index in [9.17, 15) is 5.26 Å². The van der Waals surface area contributed by atoms with Gasteiger partial charge in [0, 0.05) is 21.5 Å². The van der Waals surface area contributed by atoms with Gasteiger partial charge in [-0.05, 0) is 105 Å². The molecule has 46 heavy (non-hydrogen) atoms. The lowest BCUT2D eigenvalue weighted by Gasteiger charge is -2.19. The van der Waals surface area contributed by atoms with E-state index in [2.05, 4.69) is 115 Å². The lowest BCUT2D eigenvalue weighted by Crippen LogP contribution is -1.93. The van der Waals surface area contributed by atoms with Gasteiger partial charge in [0.05, 0.1) is 11.6 Å². The van der Waals surface area contributed by atoms with Gasteiger partial charge in [-0.3, -0.25) is 0 Å². The number of benzene rings is 7. The number of fused-ring (bicyclic) bond motifs is 6. The summed E-state index contributed by atoms with van der Waals surface area (Å²) in [5.41, 5.74) is 12.8. The summed E-state index contributed by atoms with van der Waals surface area (Å²) in [5.74, 6) is 0. The van der Waals surface area contributed by atoms with Crippen molar-refractivity contribution in [3.05, 3.63) is 157 Å². The second-order valence-corrected chi connectivity index (χ2v) is 11.6. The SMILES string of the molecule is N#Cc1cccc(-c2cc(-c3ccc4oc5ccccc5c4c3)c(-c3ccccc3)c(-c3ccc4oc5ccccc5c4c3)c2)c1. The van der Waals surface area contributed by atoms with Crippen LogP contribution in [0.25, 0.3) is 88.4 Å². The number of nitrogens with zero attached hydrogens (tertiary/aromatic N) is 1. The third-order valence-corrected chi connectivity index (χ3v) is 8.90. The van der Waals surface area contributed by atoms with E-state index in [1.165, 1.54) is 0 Å². The minimum Gasteiger partial charge on any atom is -0.456 e. The number of hydrogen-bond donors (Lipinski definition) is 0. The Bertz CT molecular complexity index is 2520. The van der Waals surface area contributed by atoms with Gasteiger partial charge in [-0.1, -0.05) is 91.0 Å². The molecule has 0 unspecified atom stereocenters. The second-order valence-electron chi connectivity index (χ2n) is 11.6. The number of rotatable bonds is 4. The number of para-hydroxylation sites is 2. The first kappa shape index (κ1) is 26.1. The van der Waals surface area contributed by atoms with Crippen molar-refractivity contribution in [1.29, 1.82) is 5.26 Å². The molecule has 7 aromatic carbocycles. The molecule has 0 saturated heterocycles. The van der Waals surface area contributed by atoms with Crippen LogP contribution < -0.4 is 0 Å². The molecule has 214 valence electrons. The number of nitriles is 1. The van der Waals surface area contributed by atoms with Gasteiger partial charge in [0.1, 0.15) is 22.3 Å². The highest BCUT2D eigenvalue weighted by Gasteiger charge is 2.19. The zero-order valence-electron chi connectivity index (χ0n) is 24.7. The van der Waals surface area contributed by atoms with Crippen molar-refractivity contribution in [2.75, 3.05) is 0 Å². The van der Waals surface area contributed by atoms with Crippen LogP contribution >= 0.6 is 0 Å². The van der Waals surface area contributed by atoms with Crippen LogP contribution in [0, 0.1) is 11.3 Å². The monoisotopic (exact) mass is 587 g/mol. The Morgan fingerprint density at radius 1 is 0.370 bits per heavy atom. The Labute approximate surface area is 265 Å². The Balaban J connectivity index is 1.38. The molecule has 9 rings (SSSR count). The van der Waals surface area contributed by atoms with E-state index in [0.29, 0.717) is 5.56 Å². The molecule has 0 bridgehead atoms. The third kappa shape index (κ3) is 4.20. The summed E-state index contributed by atoms with van der Waals surface area (Å²) in [5, 5.41) is 14.1. The Kier molecular flexibility index (Phi) is 5.88. The molecule has 0 atom stereocenters. The van der Waals surface area contributed by atoms with E-state index in [1.54, 1.807) is 0 Å². The molecule has 3 nitrogen and oxygen atoms in total. The summed E-state index contributed by atoms with van der Waals surface area (Å²) in [6.07, 6.45) is 0. The molecular formula is C43H25NO2. The van der Waals surface area contributed by atoms with Gasteiger partial charge >= 0.3 is 0 Å². The van der Waals surface area contributed by atoms with Crippen molar-refractivity contribution in [2.45, 2.75) is 0 Å². The maximum atomic E-state index is 9.73. The Hall–Kier alpha value is -6.37. The van der Waals surface area contributed by atoms with Crippen LogP contribution in [0.3, 0.4) is 0 Å². The predicted octanol–water partition coefficient (Wildman–Crippen LogP) is 12.0. The van der Waals surface area contributed by atoms with Gasteiger partial charge in [-0.25, -0.2) is 0 Å². The molecule has 0 radical (unpaired) electrons. The molecule has 0 amide bonds. The quantitative estimate of drug-likeness (QED) is 0.206. The normalized spacial score (nSPS) is 11.5. The van der Waals surface area contributed by atoms with Crippen LogP contribution in [0.15, 0.2) is 160 Å². The lowest BCUT2D eigenvalue weighted by molar-refractivity contribution is 0.668. The third-order valence-electron chi connectivity index (χ3n) is 8.90. The molecule has 0 N–H and O–H groups in total. The maximum Gasteiger partial charge on any atom is 0.135 e. The van der Waals surface area contributed by atoms with Gasteiger partial charge < -0.3 is 8.83 Å². The minimum absolute atomic E-state index is 0.630. The van der Waals surface area contributed by atoms with Crippen molar-refractivity contribution in [3.63, 3.8) is 0 Å². The average Bonchev–Trinajstić information content (AvgIpc) is 3.69. The van der Waals surface area contributed by atoms with Crippen LogP contribution in [0.5, 0.6) is 0 Å². The standard InChI is InChI=1S/C43H25NO2/c44-26-27-9-8-12-29(21-27)32-24-35(30-17-19-41-37(22-30)33-13-4-6-15-39(33)45-41)43(28-10-2-1-3-11-28)36(25-32)31-18-20-42-38(23-31)34-14-5-7-16-40(34)46-42/h1-25H. The molecule has 9 aromatic rings. The Morgan fingerprint density at radius 3 is 1.48 bits per heavy atom. The molecule has 0 fully saturated rings. The van der Waals surface area contributed by atoms with Crippen molar-refractivity contribution in [2.24, 2.45) is 0 Å². The number of furan rings is 2. The summed E-state index contributed by atoms with van der Waals surface area (Å²) < 4.78 is 12.4. The maximum absolute atomic E-state index is 9.73. The lowest BCUT2D eigenvalue weighted by atomic mass is 9.84. The molecule has 0 saturated carbocycles. The summed E-state index contributed by atoms with van der Waals surface area (Å²) >= 11 is 0. The average molecular weight is 588 g/mol. The molecule has 2 heterocycles. The first-order valence-corrected chi connectivity index (χ1v) is 15.3. The van der Waals surface area contributed by atoms with Crippen molar-refractivity contribution in [3.8, 4) is 50.6 Å². The van der Waals surface area contributed by atoms with Crippen LogP contribution in [0.1, 0.15) is 5.56 Å². The highest BCUT2D eigenvalue weighted by molar-refractivity contribution is 6.09. The van der Waals surface area contributed by atoms with E-state index < -0.39 is 0 Å². The van der Waals surface area contributed by atoms with Crippen LogP contribution in [-0.2, 0) is 0 Å². The fraction of sp³-hybridized carbons (Fsp3) is 0. The van der Waals surface area contributed by atoms with Gasteiger partial charge in [0.25, 0.3) is 0 Å². The molecule has 0 spiro atoms. The van der Waals surface area contributed by atoms with Crippen LogP contribution in [-0.4, -0.2) is 0 Å². The molecule has 0 aliphatic rings. The summed E-state index contributed by atoms with van der Waals surface area (Å²) in [7, 11) is 0. The molecular weight excluding hydrogens is 562 g/mol. The van der Waals surface area contributed by atoms with E-state index >= 15 is 0 Å². The van der Waals surface area contributed by atoms with E-state index in [0.717, 1.165) is 88.4 Å². The van der Waals surface area contributed by atoms with Gasteiger partial charge in [-0.2, -0.15) is 5.26 Å². The molecule has 3 heteroatoms. The smallest absolute Gasteiger partial charge is 0.135 e. The van der Waals surface area contributed by atoms with Gasteiger partial charge in [-0.15, -0.1) is 0 Å². The highest BCUT2D eigenvalue weighted by atomic mass is 16.3. The Morgan fingerprint density at radius 2 is 0.891 bits per heavy atom. The zero-order valence-corrected chi connectivity index (χ0v) is 24.7. The minimum atomic E-state index is 0.630. The van der Waals surface area contributed by atoms with Crippen LogP contribution in [0.4, 0.5) is 0 Å². The fourth-order valence-corrected chi connectivity index (χ4v) is 6.74. The number of hydrogen-bond acceptors (Lipinski definition) is 3. The zero-order chi connectivity index (χ0) is 30.6. The molecule has 2 aromatic heterocycles. The first-order chi connectivity index (χ1) is 22.7. The largest absolute Gasteiger partial charge is 0.456 e. The van der Waals surface area contributed by atoms with Crippen LogP contribution in [0.2, 0.25) is 0 Å². The van der Waals surface area contributed by atoms with Crippen molar-refractivity contribution >= 4 is 43.9 Å². The highest BCUT2D eigenvalue weighted by Crippen LogP contribution is 2.45. The van der Waals surface area contributed by atoms with E-state index in [4.69, 9.17) is 8.83 Å². The van der Waals surface area contributed by atoms with E-state index in [1.807, 2.05) is 42.5 Å².